The summed E-state index contributed by atoms with van der Waals surface area (Å²) in [6.45, 7) is 0. The van der Waals surface area contributed by atoms with E-state index < -0.39 is 5.82 Å². The monoisotopic (exact) mass is 257 g/mol. The average Bonchev–Trinajstić information content (AvgIpc) is 2.48. The van der Waals surface area contributed by atoms with Crippen LogP contribution in [-0.2, 0) is 0 Å². The number of nitrogens with zero attached hydrogens (tertiary/aromatic N) is 1. The van der Waals surface area contributed by atoms with E-state index in [-0.39, 0.29) is 11.3 Å². The van der Waals surface area contributed by atoms with E-state index in [1.165, 1.54) is 18.2 Å². The topological polar surface area (TPSA) is 61.1 Å². The van der Waals surface area contributed by atoms with Crippen LogP contribution >= 0.6 is 0 Å². The van der Waals surface area contributed by atoms with Gasteiger partial charge in [-0.25, -0.2) is 4.39 Å². The van der Waals surface area contributed by atoms with E-state index in [1.807, 2.05) is 6.07 Å². The van der Waals surface area contributed by atoms with Gasteiger partial charge in [0.15, 0.2) is 5.78 Å². The van der Waals surface area contributed by atoms with Crippen molar-refractivity contribution in [2.45, 2.75) is 0 Å². The highest BCUT2D eigenvalue weighted by Gasteiger charge is 2.13. The quantitative estimate of drug-likeness (QED) is 0.841. The summed E-state index contributed by atoms with van der Waals surface area (Å²) in [5.41, 5.74) is 0.829. The van der Waals surface area contributed by atoms with Gasteiger partial charge in [-0.05, 0) is 24.3 Å². The number of rotatable bonds is 2. The Morgan fingerprint density at radius 1 is 1.16 bits per heavy atom. The van der Waals surface area contributed by atoms with Crippen LogP contribution in [0.5, 0.6) is 0 Å². The first kappa shape index (κ1) is 14.6. The first-order valence-corrected chi connectivity index (χ1v) is 5.46. The van der Waals surface area contributed by atoms with E-state index in [2.05, 4.69) is 0 Å². The third kappa shape index (κ3) is 3.47. The van der Waals surface area contributed by atoms with Crippen LogP contribution < -0.4 is 0 Å². The molecule has 4 heteroatoms. The summed E-state index contributed by atoms with van der Waals surface area (Å²) in [5.74, 6) is -0.813. The number of ketones is 1. The fourth-order valence-corrected chi connectivity index (χ4v) is 1.56. The van der Waals surface area contributed by atoms with E-state index in [0.717, 1.165) is 13.2 Å². The second kappa shape index (κ2) is 7.04. The molecule has 0 saturated heterocycles. The Bertz CT molecular complexity index is 618. The van der Waals surface area contributed by atoms with Gasteiger partial charge < -0.3 is 5.11 Å². The van der Waals surface area contributed by atoms with Crippen molar-refractivity contribution in [2.24, 2.45) is 0 Å². The summed E-state index contributed by atoms with van der Waals surface area (Å²) < 4.78 is 13.0. The van der Waals surface area contributed by atoms with Gasteiger partial charge >= 0.3 is 0 Å². The normalized spacial score (nSPS) is 8.95. The molecule has 3 nitrogen and oxygen atoms in total. The maximum Gasteiger partial charge on any atom is 0.194 e. The molecule has 0 aliphatic carbocycles. The van der Waals surface area contributed by atoms with Crippen molar-refractivity contribution in [3.05, 3.63) is 71.0 Å². The van der Waals surface area contributed by atoms with Gasteiger partial charge in [-0.15, -0.1) is 0 Å². The molecule has 0 bridgehead atoms. The van der Waals surface area contributed by atoms with Gasteiger partial charge in [0, 0.05) is 18.2 Å². The zero-order valence-corrected chi connectivity index (χ0v) is 10.3. The first-order valence-electron chi connectivity index (χ1n) is 5.46. The zero-order valence-electron chi connectivity index (χ0n) is 10.3. The average molecular weight is 257 g/mol. The second-order valence-electron chi connectivity index (χ2n) is 3.50. The number of halogens is 1. The molecule has 2 aromatic carbocycles. The van der Waals surface area contributed by atoms with Crippen molar-refractivity contribution in [1.82, 2.24) is 0 Å². The molecule has 96 valence electrons. The summed E-state index contributed by atoms with van der Waals surface area (Å²) in [6.07, 6.45) is 0. The van der Waals surface area contributed by atoms with Gasteiger partial charge in [-0.1, -0.05) is 24.3 Å². The lowest BCUT2D eigenvalue weighted by Crippen LogP contribution is -2.04. The van der Waals surface area contributed by atoms with Crippen molar-refractivity contribution >= 4 is 5.78 Å². The number of hydrogen-bond acceptors (Lipinski definition) is 3. The third-order valence-corrected chi connectivity index (χ3v) is 2.38. The summed E-state index contributed by atoms with van der Waals surface area (Å²) in [7, 11) is 1.00. The number of aliphatic hydroxyl groups excluding tert-OH is 1. The molecule has 2 rings (SSSR count). The number of nitriles is 1. The molecule has 0 heterocycles. The number of carbonyl (C=O) groups is 1. The Kier molecular flexibility index (Phi) is 5.39. The molecule has 0 radical (unpaired) electrons. The number of hydrogen-bond donors (Lipinski definition) is 1. The minimum Gasteiger partial charge on any atom is -0.400 e. The van der Waals surface area contributed by atoms with Crippen LogP contribution in [0.2, 0.25) is 0 Å². The van der Waals surface area contributed by atoms with Crippen LogP contribution in [-0.4, -0.2) is 18.0 Å². The van der Waals surface area contributed by atoms with Crippen LogP contribution in [0.25, 0.3) is 0 Å². The van der Waals surface area contributed by atoms with Crippen molar-refractivity contribution in [3.63, 3.8) is 0 Å². The summed E-state index contributed by atoms with van der Waals surface area (Å²) in [5, 5.41) is 15.9. The molecule has 0 fully saturated rings. The van der Waals surface area contributed by atoms with Crippen molar-refractivity contribution < 1.29 is 14.3 Å². The van der Waals surface area contributed by atoms with Gasteiger partial charge in [-0.2, -0.15) is 5.26 Å². The highest BCUT2D eigenvalue weighted by Crippen LogP contribution is 2.14. The van der Waals surface area contributed by atoms with Crippen molar-refractivity contribution in [3.8, 4) is 6.07 Å². The van der Waals surface area contributed by atoms with Crippen molar-refractivity contribution in [2.75, 3.05) is 7.11 Å². The smallest absolute Gasteiger partial charge is 0.194 e. The molecule has 0 amide bonds. The van der Waals surface area contributed by atoms with Gasteiger partial charge in [-0.3, -0.25) is 4.79 Å². The van der Waals surface area contributed by atoms with E-state index in [4.69, 9.17) is 10.4 Å². The first-order chi connectivity index (χ1) is 9.22. The van der Waals surface area contributed by atoms with Gasteiger partial charge in [0.25, 0.3) is 0 Å². The summed E-state index contributed by atoms with van der Waals surface area (Å²) >= 11 is 0. The maximum atomic E-state index is 13.0. The largest absolute Gasteiger partial charge is 0.400 e. The summed E-state index contributed by atoms with van der Waals surface area (Å²) in [4.78, 5) is 12.1. The third-order valence-electron chi connectivity index (χ3n) is 2.38. The molecular formula is C15H12FNO2. The van der Waals surface area contributed by atoms with E-state index >= 15 is 0 Å². The zero-order chi connectivity index (χ0) is 14.3. The van der Waals surface area contributed by atoms with E-state index in [9.17, 15) is 9.18 Å². The number of aliphatic hydroxyl groups is 1. The molecule has 0 spiro atoms. The Hall–Kier alpha value is -2.51. The standard InChI is InChI=1S/C14H8FNO.CH4O/c15-12-6-3-5-10(8-12)14(17)13-7-2-1-4-11(13)9-16;1-2/h1-8H;2H,1H3. The van der Waals surface area contributed by atoms with Crippen LogP contribution in [0.1, 0.15) is 21.5 Å². The molecule has 0 atom stereocenters. The minimum atomic E-state index is -0.467. The fourth-order valence-electron chi connectivity index (χ4n) is 1.56. The van der Waals surface area contributed by atoms with Crippen LogP contribution in [0.15, 0.2) is 48.5 Å². The molecule has 0 unspecified atom stereocenters. The highest BCUT2D eigenvalue weighted by molar-refractivity contribution is 6.10. The van der Waals surface area contributed by atoms with Gasteiger partial charge in [0.2, 0.25) is 0 Å². The molecule has 2 aromatic rings. The Morgan fingerprint density at radius 2 is 1.84 bits per heavy atom. The van der Waals surface area contributed by atoms with E-state index in [1.54, 1.807) is 24.3 Å². The van der Waals surface area contributed by atoms with Crippen molar-refractivity contribution in [1.29, 1.82) is 5.26 Å². The predicted molar refractivity (Wildman–Crippen MR) is 69.1 cm³/mol. The van der Waals surface area contributed by atoms with Gasteiger partial charge in [0.1, 0.15) is 5.82 Å². The molecule has 0 saturated carbocycles. The summed E-state index contributed by atoms with van der Waals surface area (Å²) in [6, 6.07) is 13.9. The molecule has 0 aliphatic rings. The SMILES string of the molecule is CO.N#Cc1ccccc1C(=O)c1cccc(F)c1. The Labute approximate surface area is 110 Å². The second-order valence-corrected chi connectivity index (χ2v) is 3.50. The molecule has 19 heavy (non-hydrogen) atoms. The Balaban J connectivity index is 0.000000861. The highest BCUT2D eigenvalue weighted by atomic mass is 19.1. The number of carbonyl (C=O) groups excluding carboxylic acids is 1. The minimum absolute atomic E-state index is 0.243. The van der Waals surface area contributed by atoms with Crippen LogP contribution in [0, 0.1) is 17.1 Å². The lowest BCUT2D eigenvalue weighted by atomic mass is 9.99. The molecule has 0 aromatic heterocycles. The molecule has 1 N–H and O–H groups in total. The van der Waals surface area contributed by atoms with Crippen LogP contribution in [0.3, 0.4) is 0 Å². The molecule has 0 aliphatic heterocycles. The van der Waals surface area contributed by atoms with Crippen LogP contribution in [0.4, 0.5) is 4.39 Å². The van der Waals surface area contributed by atoms with Gasteiger partial charge in [0.05, 0.1) is 11.6 Å². The molecular weight excluding hydrogens is 245 g/mol. The lowest BCUT2D eigenvalue weighted by molar-refractivity contribution is 0.103. The Morgan fingerprint density at radius 3 is 2.47 bits per heavy atom. The maximum absolute atomic E-state index is 13.0. The fraction of sp³-hybridized carbons (Fsp3) is 0.0667. The number of benzene rings is 2. The lowest BCUT2D eigenvalue weighted by Gasteiger charge is -2.02. The predicted octanol–water partition coefficient (Wildman–Crippen LogP) is 2.54. The van der Waals surface area contributed by atoms with E-state index in [0.29, 0.717) is 11.1 Å².